The third-order valence-electron chi connectivity index (χ3n) is 0.608. The highest BCUT2D eigenvalue weighted by atomic mass is 14.3. The number of nitrogens with one attached hydrogen (secondary N) is 1. The minimum absolute atomic E-state index is 0.926. The van der Waals surface area contributed by atoms with Gasteiger partial charge in [0.25, 0.3) is 0 Å². The standard InChI is InChI=1S/C6H9N/c1-3-4-6(2)5-7/h3-5,7H,1H2,2H3/b6-4-,7-5?. The van der Waals surface area contributed by atoms with E-state index in [2.05, 4.69) is 6.58 Å². The molecule has 7 heavy (non-hydrogen) atoms. The molecule has 38 valence electrons. The van der Waals surface area contributed by atoms with Crippen LogP contribution >= 0.6 is 0 Å². The maximum Gasteiger partial charge on any atom is 0.0207 e. The van der Waals surface area contributed by atoms with Crippen LogP contribution in [-0.2, 0) is 0 Å². The van der Waals surface area contributed by atoms with Gasteiger partial charge in [-0.05, 0) is 12.5 Å². The zero-order chi connectivity index (χ0) is 5.70. The fourth-order valence-electron chi connectivity index (χ4n) is 0.234. The molecule has 0 bridgehead atoms. The molecule has 0 aliphatic carbocycles. The Balaban J connectivity index is 3.72. The van der Waals surface area contributed by atoms with Gasteiger partial charge in [-0.2, -0.15) is 0 Å². The van der Waals surface area contributed by atoms with Crippen molar-refractivity contribution in [3.63, 3.8) is 0 Å². The van der Waals surface area contributed by atoms with Crippen LogP contribution in [0.2, 0.25) is 0 Å². The van der Waals surface area contributed by atoms with E-state index in [9.17, 15) is 0 Å². The Hall–Kier alpha value is -0.850. The molecule has 0 fully saturated rings. The van der Waals surface area contributed by atoms with Gasteiger partial charge < -0.3 is 5.41 Å². The maximum atomic E-state index is 6.67. The highest BCUT2D eigenvalue weighted by molar-refractivity contribution is 5.75. The molecular weight excluding hydrogens is 86.1 g/mol. The van der Waals surface area contributed by atoms with E-state index in [4.69, 9.17) is 5.41 Å². The second kappa shape index (κ2) is 3.34. The lowest BCUT2D eigenvalue weighted by Crippen LogP contribution is -1.69. The van der Waals surface area contributed by atoms with Gasteiger partial charge >= 0.3 is 0 Å². The SMILES string of the molecule is C=C/C=C(/C)C=N. The van der Waals surface area contributed by atoms with Crippen LogP contribution in [0.25, 0.3) is 0 Å². The van der Waals surface area contributed by atoms with Gasteiger partial charge in [0.1, 0.15) is 0 Å². The van der Waals surface area contributed by atoms with E-state index < -0.39 is 0 Å². The lowest BCUT2D eigenvalue weighted by molar-refractivity contribution is 1.51. The number of allylic oxidation sites excluding steroid dienone is 3. The average Bonchev–Trinajstić information content (AvgIpc) is 1.68. The minimum atomic E-state index is 0.926. The molecule has 1 heteroatoms. The number of rotatable bonds is 2. The number of hydrogen-bond donors (Lipinski definition) is 1. The molecule has 0 aromatic carbocycles. The Morgan fingerprint density at radius 2 is 2.29 bits per heavy atom. The third kappa shape index (κ3) is 2.97. The van der Waals surface area contributed by atoms with Crippen molar-refractivity contribution in [3.8, 4) is 0 Å². The van der Waals surface area contributed by atoms with Crippen LogP contribution < -0.4 is 0 Å². The molecule has 1 nitrogen and oxygen atoms in total. The summed E-state index contributed by atoms with van der Waals surface area (Å²) in [6.45, 7) is 5.32. The highest BCUT2D eigenvalue weighted by Gasteiger charge is 1.70. The van der Waals surface area contributed by atoms with Crippen LogP contribution in [0, 0.1) is 5.41 Å². The van der Waals surface area contributed by atoms with Crippen molar-refractivity contribution in [2.24, 2.45) is 0 Å². The summed E-state index contributed by atoms with van der Waals surface area (Å²) < 4.78 is 0. The van der Waals surface area contributed by atoms with Gasteiger partial charge in [0.2, 0.25) is 0 Å². The zero-order valence-corrected chi connectivity index (χ0v) is 4.44. The fraction of sp³-hybridized carbons (Fsp3) is 0.167. The van der Waals surface area contributed by atoms with E-state index in [0.29, 0.717) is 0 Å². The van der Waals surface area contributed by atoms with Gasteiger partial charge in [0.05, 0.1) is 0 Å². The number of hydrogen-bond acceptors (Lipinski definition) is 1. The molecule has 0 aromatic rings. The van der Waals surface area contributed by atoms with Gasteiger partial charge in [-0.3, -0.25) is 0 Å². The van der Waals surface area contributed by atoms with Crippen molar-refractivity contribution in [1.82, 2.24) is 0 Å². The smallest absolute Gasteiger partial charge is 0.0207 e. The Bertz CT molecular complexity index is 101. The van der Waals surface area contributed by atoms with Crippen LogP contribution in [-0.4, -0.2) is 6.21 Å². The summed E-state index contributed by atoms with van der Waals surface area (Å²) in [6, 6.07) is 0. The molecule has 0 aliphatic rings. The largest absolute Gasteiger partial charge is 0.308 e. The van der Waals surface area contributed by atoms with Crippen LogP contribution in [0.15, 0.2) is 24.3 Å². The lowest BCUT2D eigenvalue weighted by Gasteiger charge is -1.78. The summed E-state index contributed by atoms with van der Waals surface area (Å²) in [6.07, 6.45) is 4.75. The van der Waals surface area contributed by atoms with Gasteiger partial charge in [-0.25, -0.2) is 0 Å². The van der Waals surface area contributed by atoms with Crippen LogP contribution in [0.3, 0.4) is 0 Å². The minimum Gasteiger partial charge on any atom is -0.308 e. The second-order valence-corrected chi connectivity index (χ2v) is 1.29. The molecule has 0 aromatic heterocycles. The first-order chi connectivity index (χ1) is 3.31. The lowest BCUT2D eigenvalue weighted by atomic mass is 10.3. The summed E-state index contributed by atoms with van der Waals surface area (Å²) in [5.41, 5.74) is 0.926. The first kappa shape index (κ1) is 6.15. The van der Waals surface area contributed by atoms with E-state index in [1.807, 2.05) is 6.92 Å². The first-order valence-electron chi connectivity index (χ1n) is 2.11. The van der Waals surface area contributed by atoms with Crippen molar-refractivity contribution in [3.05, 3.63) is 24.3 Å². The monoisotopic (exact) mass is 95.1 g/mol. The summed E-state index contributed by atoms with van der Waals surface area (Å²) >= 11 is 0. The summed E-state index contributed by atoms with van der Waals surface area (Å²) in [5.74, 6) is 0. The summed E-state index contributed by atoms with van der Waals surface area (Å²) in [4.78, 5) is 0. The molecule has 0 aliphatic heterocycles. The van der Waals surface area contributed by atoms with Gasteiger partial charge in [-0.15, -0.1) is 0 Å². The van der Waals surface area contributed by atoms with Crippen molar-refractivity contribution in [2.45, 2.75) is 6.92 Å². The normalized spacial score (nSPS) is 10.7. The Morgan fingerprint density at radius 1 is 1.71 bits per heavy atom. The van der Waals surface area contributed by atoms with Gasteiger partial charge in [0, 0.05) is 6.21 Å². The van der Waals surface area contributed by atoms with Crippen LogP contribution in [0.5, 0.6) is 0 Å². The highest BCUT2D eigenvalue weighted by Crippen LogP contribution is 1.83. The van der Waals surface area contributed by atoms with E-state index in [1.54, 1.807) is 12.2 Å². The predicted octanol–water partition coefficient (Wildman–Crippen LogP) is 1.77. The van der Waals surface area contributed by atoms with Gasteiger partial charge in [0.15, 0.2) is 0 Å². The molecule has 1 N–H and O–H groups in total. The van der Waals surface area contributed by atoms with E-state index in [0.717, 1.165) is 5.57 Å². The quantitative estimate of drug-likeness (QED) is 0.399. The second-order valence-electron chi connectivity index (χ2n) is 1.29. The van der Waals surface area contributed by atoms with Gasteiger partial charge in [-0.1, -0.05) is 18.7 Å². The molecular formula is C6H9N. The molecule has 0 heterocycles. The molecule has 0 atom stereocenters. The molecule has 0 unspecified atom stereocenters. The van der Waals surface area contributed by atoms with E-state index in [-0.39, 0.29) is 0 Å². The molecule has 0 saturated heterocycles. The summed E-state index contributed by atoms with van der Waals surface area (Å²) in [5, 5.41) is 6.67. The van der Waals surface area contributed by atoms with E-state index in [1.165, 1.54) is 6.21 Å². The molecule has 0 radical (unpaired) electrons. The third-order valence-corrected chi connectivity index (χ3v) is 0.608. The van der Waals surface area contributed by atoms with Crippen molar-refractivity contribution < 1.29 is 0 Å². The Morgan fingerprint density at radius 3 is 2.43 bits per heavy atom. The van der Waals surface area contributed by atoms with Crippen molar-refractivity contribution in [2.75, 3.05) is 0 Å². The average molecular weight is 95.1 g/mol. The molecule has 0 rings (SSSR count). The van der Waals surface area contributed by atoms with E-state index >= 15 is 0 Å². The Labute approximate surface area is 43.9 Å². The Kier molecular flexibility index (Phi) is 2.94. The molecule has 0 spiro atoms. The fourth-order valence-corrected chi connectivity index (χ4v) is 0.234. The molecule has 0 amide bonds. The van der Waals surface area contributed by atoms with Crippen LogP contribution in [0.1, 0.15) is 6.92 Å². The van der Waals surface area contributed by atoms with Crippen LogP contribution in [0.4, 0.5) is 0 Å². The topological polar surface area (TPSA) is 23.9 Å². The van der Waals surface area contributed by atoms with Crippen molar-refractivity contribution >= 4 is 6.21 Å². The predicted molar refractivity (Wildman–Crippen MR) is 32.7 cm³/mol. The molecule has 0 saturated carbocycles. The zero-order valence-electron chi connectivity index (χ0n) is 4.44. The first-order valence-corrected chi connectivity index (χ1v) is 2.11. The van der Waals surface area contributed by atoms with Crippen molar-refractivity contribution in [1.29, 1.82) is 5.41 Å². The maximum absolute atomic E-state index is 6.67. The summed E-state index contributed by atoms with van der Waals surface area (Å²) in [7, 11) is 0.